The number of aromatic amines is 1. The van der Waals surface area contributed by atoms with Crippen LogP contribution >= 0.6 is 0 Å². The lowest BCUT2D eigenvalue weighted by Crippen LogP contribution is -2.25. The molecule has 1 aromatic carbocycles. The molecule has 0 radical (unpaired) electrons. The molecule has 0 bridgehead atoms. The Morgan fingerprint density at radius 3 is 2.89 bits per heavy atom. The number of aromatic nitrogens is 1. The maximum absolute atomic E-state index is 11.9. The first kappa shape index (κ1) is 10.8. The third kappa shape index (κ3) is 1.54. The second kappa shape index (κ2) is 3.84. The lowest BCUT2D eigenvalue weighted by atomic mass is 10.1. The first-order chi connectivity index (χ1) is 8.66. The largest absolute Gasteiger partial charge is 0.361 e. The van der Waals surface area contributed by atoms with Crippen LogP contribution in [0.5, 0.6) is 0 Å². The van der Waals surface area contributed by atoms with Gasteiger partial charge < -0.3 is 4.98 Å². The minimum Gasteiger partial charge on any atom is -0.361 e. The Bertz CT molecular complexity index is 694. The molecule has 2 aromatic rings. The summed E-state index contributed by atoms with van der Waals surface area (Å²) in [5, 5.41) is 1.13. The van der Waals surface area contributed by atoms with Crippen molar-refractivity contribution in [1.29, 1.82) is 0 Å². The van der Waals surface area contributed by atoms with E-state index in [9.17, 15) is 4.79 Å². The lowest BCUT2D eigenvalue weighted by Gasteiger charge is -2.06. The molecule has 1 aliphatic heterocycles. The van der Waals surface area contributed by atoms with E-state index in [1.807, 2.05) is 43.5 Å². The van der Waals surface area contributed by atoms with Gasteiger partial charge in [-0.05, 0) is 24.5 Å². The van der Waals surface area contributed by atoms with Crippen molar-refractivity contribution in [1.82, 2.24) is 9.88 Å². The van der Waals surface area contributed by atoms with E-state index in [0.29, 0.717) is 5.70 Å². The van der Waals surface area contributed by atoms with E-state index in [0.717, 1.165) is 22.3 Å². The number of carbonyl (C=O) groups excluding carboxylic acids is 1. The van der Waals surface area contributed by atoms with E-state index >= 15 is 0 Å². The molecule has 1 N–H and O–H groups in total. The van der Waals surface area contributed by atoms with E-state index in [1.54, 1.807) is 11.9 Å². The Morgan fingerprint density at radius 1 is 1.33 bits per heavy atom. The number of nitrogens with zero attached hydrogens (tertiary/aromatic N) is 2. The summed E-state index contributed by atoms with van der Waals surface area (Å²) in [5.74, 6) is 0.668. The highest BCUT2D eigenvalue weighted by molar-refractivity contribution is 6.13. The second-order valence-electron chi connectivity index (χ2n) is 4.34. The molecule has 4 heteroatoms. The third-order valence-electron chi connectivity index (χ3n) is 3.20. The summed E-state index contributed by atoms with van der Waals surface area (Å²) in [6, 6.07) is 7.99. The van der Waals surface area contributed by atoms with Gasteiger partial charge in [-0.2, -0.15) is 0 Å². The van der Waals surface area contributed by atoms with Crippen molar-refractivity contribution in [3.05, 3.63) is 41.7 Å². The number of amides is 1. The van der Waals surface area contributed by atoms with Crippen molar-refractivity contribution >= 4 is 28.7 Å². The molecular formula is C14H13N3O. The van der Waals surface area contributed by atoms with E-state index in [2.05, 4.69) is 9.98 Å². The number of rotatable bonds is 1. The zero-order chi connectivity index (χ0) is 12.7. The highest BCUT2D eigenvalue weighted by Gasteiger charge is 2.23. The van der Waals surface area contributed by atoms with Gasteiger partial charge in [0.25, 0.3) is 5.91 Å². The van der Waals surface area contributed by atoms with Crippen LogP contribution in [-0.2, 0) is 4.79 Å². The highest BCUT2D eigenvalue weighted by atomic mass is 16.2. The van der Waals surface area contributed by atoms with Crippen molar-refractivity contribution < 1.29 is 4.79 Å². The van der Waals surface area contributed by atoms with E-state index in [1.165, 1.54) is 0 Å². The molecule has 18 heavy (non-hydrogen) atoms. The summed E-state index contributed by atoms with van der Waals surface area (Å²) < 4.78 is 0. The number of likely N-dealkylation sites (N-methyl/N-ethyl adjacent to an activating group) is 1. The fourth-order valence-electron chi connectivity index (χ4n) is 2.09. The maximum atomic E-state index is 11.9. The molecule has 2 heterocycles. The molecule has 1 aliphatic rings. The first-order valence-corrected chi connectivity index (χ1v) is 5.78. The molecule has 0 aliphatic carbocycles. The van der Waals surface area contributed by atoms with Gasteiger partial charge in [-0.3, -0.25) is 9.69 Å². The third-order valence-corrected chi connectivity index (χ3v) is 3.20. The van der Waals surface area contributed by atoms with Crippen LogP contribution in [0.25, 0.3) is 17.0 Å². The quantitative estimate of drug-likeness (QED) is 0.763. The summed E-state index contributed by atoms with van der Waals surface area (Å²) in [5.41, 5.74) is 2.49. The van der Waals surface area contributed by atoms with Crippen molar-refractivity contribution in [2.45, 2.75) is 6.92 Å². The van der Waals surface area contributed by atoms with Gasteiger partial charge in [0.1, 0.15) is 11.5 Å². The van der Waals surface area contributed by atoms with Gasteiger partial charge in [0.15, 0.2) is 0 Å². The Kier molecular flexibility index (Phi) is 2.30. The monoisotopic (exact) mass is 239 g/mol. The predicted octanol–water partition coefficient (Wildman–Crippen LogP) is 2.40. The summed E-state index contributed by atoms with van der Waals surface area (Å²) in [7, 11) is 1.73. The number of nitrogens with one attached hydrogen (secondary N) is 1. The zero-order valence-electron chi connectivity index (χ0n) is 10.3. The van der Waals surface area contributed by atoms with Crippen molar-refractivity contribution in [3.8, 4) is 0 Å². The van der Waals surface area contributed by atoms with E-state index in [4.69, 9.17) is 0 Å². The average Bonchev–Trinajstić information content (AvgIpc) is 2.92. The van der Waals surface area contributed by atoms with Crippen molar-refractivity contribution in [3.63, 3.8) is 0 Å². The molecular weight excluding hydrogens is 226 g/mol. The number of para-hydroxylation sites is 1. The van der Waals surface area contributed by atoms with E-state index < -0.39 is 0 Å². The maximum Gasteiger partial charge on any atom is 0.277 e. The number of hydrogen-bond acceptors (Lipinski definition) is 2. The fourth-order valence-corrected chi connectivity index (χ4v) is 2.09. The van der Waals surface area contributed by atoms with Gasteiger partial charge >= 0.3 is 0 Å². The predicted molar refractivity (Wildman–Crippen MR) is 72.2 cm³/mol. The van der Waals surface area contributed by atoms with Crippen LogP contribution in [0.15, 0.2) is 41.2 Å². The molecule has 0 fully saturated rings. The number of aliphatic imine (C=N–C) groups is 1. The van der Waals surface area contributed by atoms with Gasteiger partial charge in [-0.25, -0.2) is 4.99 Å². The minimum atomic E-state index is -0.0592. The highest BCUT2D eigenvalue weighted by Crippen LogP contribution is 2.22. The molecule has 0 saturated heterocycles. The van der Waals surface area contributed by atoms with Crippen LogP contribution in [0, 0.1) is 0 Å². The van der Waals surface area contributed by atoms with Crippen molar-refractivity contribution in [2.24, 2.45) is 4.99 Å². The zero-order valence-corrected chi connectivity index (χ0v) is 10.3. The Hall–Kier alpha value is -2.36. The molecule has 1 aromatic heterocycles. The molecule has 0 spiro atoms. The smallest absolute Gasteiger partial charge is 0.277 e. The summed E-state index contributed by atoms with van der Waals surface area (Å²) in [4.78, 5) is 20.9. The molecule has 3 rings (SSSR count). The Labute approximate surface area is 105 Å². The van der Waals surface area contributed by atoms with Gasteiger partial charge in [0.05, 0.1) is 5.52 Å². The minimum absolute atomic E-state index is 0.0592. The molecule has 90 valence electrons. The fraction of sp³-hybridized carbons (Fsp3) is 0.143. The van der Waals surface area contributed by atoms with Crippen LogP contribution in [0.1, 0.15) is 12.5 Å². The van der Waals surface area contributed by atoms with Crippen LogP contribution in [0.4, 0.5) is 0 Å². The van der Waals surface area contributed by atoms with Crippen LogP contribution in [0.2, 0.25) is 0 Å². The van der Waals surface area contributed by atoms with Crippen LogP contribution < -0.4 is 0 Å². The lowest BCUT2D eigenvalue weighted by molar-refractivity contribution is -0.121. The number of fused-ring (bicyclic) bond motifs is 1. The number of amidine groups is 1. The molecule has 4 nitrogen and oxygen atoms in total. The normalized spacial score (nSPS) is 17.9. The SMILES string of the molecule is CC1=N/C(=C\c2cccc3cc[nH]c23)C(=O)N1C. The summed E-state index contributed by atoms with van der Waals surface area (Å²) in [6.45, 7) is 1.83. The summed E-state index contributed by atoms with van der Waals surface area (Å²) in [6.07, 6.45) is 3.72. The number of carbonyl (C=O) groups is 1. The van der Waals surface area contributed by atoms with Gasteiger partial charge in [-0.1, -0.05) is 18.2 Å². The molecule has 0 unspecified atom stereocenters. The van der Waals surface area contributed by atoms with Gasteiger partial charge in [-0.15, -0.1) is 0 Å². The Balaban J connectivity index is 2.12. The van der Waals surface area contributed by atoms with Crippen LogP contribution in [0.3, 0.4) is 0 Å². The van der Waals surface area contributed by atoms with Crippen LogP contribution in [-0.4, -0.2) is 28.7 Å². The number of H-pyrrole nitrogens is 1. The number of hydrogen-bond donors (Lipinski definition) is 1. The van der Waals surface area contributed by atoms with E-state index in [-0.39, 0.29) is 5.91 Å². The Morgan fingerprint density at radius 2 is 2.17 bits per heavy atom. The van der Waals surface area contributed by atoms with Gasteiger partial charge in [0, 0.05) is 18.8 Å². The topological polar surface area (TPSA) is 48.5 Å². The van der Waals surface area contributed by atoms with Crippen molar-refractivity contribution in [2.75, 3.05) is 7.05 Å². The molecule has 0 atom stereocenters. The second-order valence-corrected chi connectivity index (χ2v) is 4.34. The standard InChI is InChI=1S/C14H13N3O/c1-9-16-12(14(18)17(9)2)8-11-5-3-4-10-6-7-15-13(10)11/h3-8,15H,1-2H3/b12-8-. The first-order valence-electron chi connectivity index (χ1n) is 5.78. The molecule has 1 amide bonds. The van der Waals surface area contributed by atoms with Gasteiger partial charge in [0.2, 0.25) is 0 Å². The average molecular weight is 239 g/mol. The molecule has 0 saturated carbocycles. The summed E-state index contributed by atoms with van der Waals surface area (Å²) >= 11 is 0. The number of benzene rings is 1.